The number of nitrogens with one attached hydrogen (secondary N) is 2. The highest BCUT2D eigenvalue weighted by Crippen LogP contribution is 2.23. The topological polar surface area (TPSA) is 101 Å². The van der Waals surface area contributed by atoms with Crippen molar-refractivity contribution in [3.05, 3.63) is 90.1 Å². The van der Waals surface area contributed by atoms with E-state index in [-0.39, 0.29) is 10.8 Å². The fourth-order valence-corrected chi connectivity index (χ4v) is 4.11. The van der Waals surface area contributed by atoms with Gasteiger partial charge in [-0.1, -0.05) is 36.4 Å². The van der Waals surface area contributed by atoms with Crippen molar-refractivity contribution >= 4 is 26.8 Å². The standard InChI is InChI=1S/C24H22N4O3S/c1-25-32(30,31)18-11-9-17(10-12-18)13-15-27-24(29)20-16-23(22-8-4-5-14-26-22)28-21-7-3-2-6-19(20)21/h2-12,14,16,25H,13,15H2,1H3,(H,27,29). The number of aromatic nitrogens is 2. The van der Waals surface area contributed by atoms with Crippen LogP contribution in [0, 0.1) is 0 Å². The maximum Gasteiger partial charge on any atom is 0.252 e. The molecule has 0 saturated heterocycles. The van der Waals surface area contributed by atoms with Crippen LogP contribution in [0.3, 0.4) is 0 Å². The summed E-state index contributed by atoms with van der Waals surface area (Å²) in [6, 6.07) is 21.4. The Hall–Kier alpha value is -3.62. The van der Waals surface area contributed by atoms with Crippen LogP contribution in [0.15, 0.2) is 83.9 Å². The second kappa shape index (κ2) is 9.25. The first kappa shape index (κ1) is 21.6. The van der Waals surface area contributed by atoms with Gasteiger partial charge < -0.3 is 5.32 Å². The average molecular weight is 447 g/mol. The summed E-state index contributed by atoms with van der Waals surface area (Å²) in [5.41, 5.74) is 3.52. The first-order valence-electron chi connectivity index (χ1n) is 10.1. The number of pyridine rings is 2. The number of fused-ring (bicyclic) bond motifs is 1. The molecule has 32 heavy (non-hydrogen) atoms. The first-order valence-corrected chi connectivity index (χ1v) is 11.6. The van der Waals surface area contributed by atoms with Crippen LogP contribution < -0.4 is 10.0 Å². The zero-order valence-electron chi connectivity index (χ0n) is 17.4. The van der Waals surface area contributed by atoms with Gasteiger partial charge in [0, 0.05) is 18.1 Å². The van der Waals surface area contributed by atoms with Crippen LogP contribution in [0.25, 0.3) is 22.3 Å². The molecule has 2 N–H and O–H groups in total. The summed E-state index contributed by atoms with van der Waals surface area (Å²) in [6.45, 7) is 0.409. The van der Waals surface area contributed by atoms with Crippen molar-refractivity contribution in [2.24, 2.45) is 0 Å². The van der Waals surface area contributed by atoms with E-state index in [1.165, 1.54) is 7.05 Å². The highest BCUT2D eigenvalue weighted by Gasteiger charge is 2.14. The van der Waals surface area contributed by atoms with Crippen molar-refractivity contribution in [3.8, 4) is 11.4 Å². The summed E-state index contributed by atoms with van der Waals surface area (Å²) in [5.74, 6) is -0.199. The van der Waals surface area contributed by atoms with Crippen molar-refractivity contribution in [1.82, 2.24) is 20.0 Å². The highest BCUT2D eigenvalue weighted by atomic mass is 32.2. The van der Waals surface area contributed by atoms with Crippen molar-refractivity contribution in [2.75, 3.05) is 13.6 Å². The Labute approximate surface area is 186 Å². The predicted octanol–water partition coefficient (Wildman–Crippen LogP) is 3.18. The Bertz CT molecular complexity index is 1360. The SMILES string of the molecule is CNS(=O)(=O)c1ccc(CCNC(=O)c2cc(-c3ccccn3)nc3ccccc23)cc1. The number of rotatable bonds is 7. The molecule has 0 aliphatic rings. The third-order valence-corrected chi connectivity index (χ3v) is 6.52. The zero-order valence-corrected chi connectivity index (χ0v) is 18.3. The van der Waals surface area contributed by atoms with Crippen LogP contribution in [0.4, 0.5) is 0 Å². The monoisotopic (exact) mass is 446 g/mol. The van der Waals surface area contributed by atoms with Gasteiger partial charge in [0.1, 0.15) is 0 Å². The van der Waals surface area contributed by atoms with Crippen LogP contribution >= 0.6 is 0 Å². The lowest BCUT2D eigenvalue weighted by molar-refractivity contribution is 0.0955. The van der Waals surface area contributed by atoms with Gasteiger partial charge >= 0.3 is 0 Å². The minimum absolute atomic E-state index is 0.199. The van der Waals surface area contributed by atoms with E-state index in [1.807, 2.05) is 42.5 Å². The number of sulfonamides is 1. The minimum atomic E-state index is -3.46. The van der Waals surface area contributed by atoms with Crippen LogP contribution in [0.1, 0.15) is 15.9 Å². The van der Waals surface area contributed by atoms with Crippen molar-refractivity contribution in [3.63, 3.8) is 0 Å². The summed E-state index contributed by atoms with van der Waals surface area (Å²) < 4.78 is 26.0. The number of para-hydroxylation sites is 1. The summed E-state index contributed by atoms with van der Waals surface area (Å²) in [6.07, 6.45) is 2.26. The third kappa shape index (κ3) is 4.66. The van der Waals surface area contributed by atoms with Gasteiger partial charge in [0.05, 0.1) is 27.4 Å². The normalized spacial score (nSPS) is 11.4. The van der Waals surface area contributed by atoms with Crippen LogP contribution in [0.2, 0.25) is 0 Å². The molecule has 4 rings (SSSR count). The highest BCUT2D eigenvalue weighted by molar-refractivity contribution is 7.89. The number of carbonyl (C=O) groups is 1. The fourth-order valence-electron chi connectivity index (χ4n) is 3.38. The molecule has 0 aliphatic carbocycles. The molecule has 0 atom stereocenters. The quantitative estimate of drug-likeness (QED) is 0.454. The van der Waals surface area contributed by atoms with E-state index in [9.17, 15) is 13.2 Å². The Morgan fingerprint density at radius 3 is 2.41 bits per heavy atom. The van der Waals surface area contributed by atoms with Gasteiger partial charge in [0.2, 0.25) is 10.0 Å². The maximum absolute atomic E-state index is 13.0. The second-order valence-corrected chi connectivity index (χ2v) is 9.03. The largest absolute Gasteiger partial charge is 0.352 e. The van der Waals surface area contributed by atoms with E-state index < -0.39 is 10.0 Å². The molecule has 0 radical (unpaired) electrons. The predicted molar refractivity (Wildman–Crippen MR) is 124 cm³/mol. The molecule has 162 valence electrons. The van der Waals surface area contributed by atoms with E-state index >= 15 is 0 Å². The van der Waals surface area contributed by atoms with Gasteiger partial charge in [-0.2, -0.15) is 0 Å². The molecule has 0 fully saturated rings. The molecule has 2 aromatic heterocycles. The molecule has 7 nitrogen and oxygen atoms in total. The van der Waals surface area contributed by atoms with E-state index in [0.29, 0.717) is 29.9 Å². The third-order valence-electron chi connectivity index (χ3n) is 5.09. The fraction of sp³-hybridized carbons (Fsp3) is 0.125. The molecule has 8 heteroatoms. The number of benzene rings is 2. The number of hydrogen-bond donors (Lipinski definition) is 2. The number of carbonyl (C=O) groups excluding carboxylic acids is 1. The Morgan fingerprint density at radius 2 is 1.69 bits per heavy atom. The maximum atomic E-state index is 13.0. The van der Waals surface area contributed by atoms with Gasteiger partial charge in [-0.3, -0.25) is 9.78 Å². The smallest absolute Gasteiger partial charge is 0.252 e. The minimum Gasteiger partial charge on any atom is -0.352 e. The van der Waals surface area contributed by atoms with Gasteiger partial charge in [0.15, 0.2) is 0 Å². The zero-order chi connectivity index (χ0) is 22.6. The molecule has 0 spiro atoms. The van der Waals surface area contributed by atoms with Crippen molar-refractivity contribution in [1.29, 1.82) is 0 Å². The molecule has 0 unspecified atom stereocenters. The van der Waals surface area contributed by atoms with Gasteiger partial charge in [-0.25, -0.2) is 18.1 Å². The Morgan fingerprint density at radius 1 is 0.938 bits per heavy atom. The number of amides is 1. The summed E-state index contributed by atoms with van der Waals surface area (Å²) >= 11 is 0. The van der Waals surface area contributed by atoms with E-state index in [2.05, 4.69) is 20.0 Å². The molecular formula is C24H22N4O3S. The first-order chi connectivity index (χ1) is 15.5. The van der Waals surface area contributed by atoms with E-state index in [0.717, 1.165) is 16.5 Å². The molecular weight excluding hydrogens is 424 g/mol. The lowest BCUT2D eigenvalue weighted by Gasteiger charge is -2.11. The summed E-state index contributed by atoms with van der Waals surface area (Å²) in [4.78, 5) is 22.2. The molecule has 0 aliphatic heterocycles. The van der Waals surface area contributed by atoms with E-state index in [4.69, 9.17) is 0 Å². The van der Waals surface area contributed by atoms with Crippen LogP contribution in [-0.4, -0.2) is 37.9 Å². The van der Waals surface area contributed by atoms with E-state index in [1.54, 1.807) is 36.5 Å². The van der Waals surface area contributed by atoms with Crippen molar-refractivity contribution in [2.45, 2.75) is 11.3 Å². The lowest BCUT2D eigenvalue weighted by atomic mass is 10.1. The molecule has 4 aromatic rings. The Balaban J connectivity index is 1.51. The molecule has 0 bridgehead atoms. The van der Waals surface area contributed by atoms with Gasteiger partial charge in [-0.15, -0.1) is 0 Å². The number of hydrogen-bond acceptors (Lipinski definition) is 5. The molecule has 2 heterocycles. The van der Waals surface area contributed by atoms with Crippen LogP contribution in [-0.2, 0) is 16.4 Å². The van der Waals surface area contributed by atoms with Gasteiger partial charge in [0.25, 0.3) is 5.91 Å². The number of nitrogens with zero attached hydrogens (tertiary/aromatic N) is 2. The summed E-state index contributed by atoms with van der Waals surface area (Å²) in [5, 5.41) is 3.73. The van der Waals surface area contributed by atoms with Crippen LogP contribution in [0.5, 0.6) is 0 Å². The molecule has 1 amide bonds. The van der Waals surface area contributed by atoms with Gasteiger partial charge in [-0.05, 0) is 55.4 Å². The molecule has 0 saturated carbocycles. The molecule has 2 aromatic carbocycles. The second-order valence-electron chi connectivity index (χ2n) is 7.14. The van der Waals surface area contributed by atoms with Crippen molar-refractivity contribution < 1.29 is 13.2 Å². The lowest BCUT2D eigenvalue weighted by Crippen LogP contribution is -2.26. The average Bonchev–Trinajstić information content (AvgIpc) is 2.84. The Kier molecular flexibility index (Phi) is 6.25. The summed E-state index contributed by atoms with van der Waals surface area (Å²) in [7, 11) is -2.09.